The molecule has 2 aromatic carbocycles. The Hall–Kier alpha value is -2.76. The van der Waals surface area contributed by atoms with E-state index >= 15 is 0 Å². The Balaban J connectivity index is 1.63. The lowest BCUT2D eigenvalue weighted by atomic mass is 10.1. The van der Waals surface area contributed by atoms with Crippen molar-refractivity contribution in [2.45, 2.75) is 44.9 Å². The fraction of sp³-hybridized carbons (Fsp3) is 0.391. The minimum absolute atomic E-state index is 0.158. The molecule has 1 fully saturated rings. The molecule has 0 radical (unpaired) electrons. The van der Waals surface area contributed by atoms with Crippen molar-refractivity contribution in [2.75, 3.05) is 18.4 Å². The number of hydrogen-bond acceptors (Lipinski definition) is 2. The first-order valence-corrected chi connectivity index (χ1v) is 10.2. The molecule has 154 valence electrons. The molecular weight excluding hydrogens is 374 g/mol. The van der Waals surface area contributed by atoms with Crippen LogP contribution in [0, 0.1) is 11.6 Å². The molecule has 1 heterocycles. The van der Waals surface area contributed by atoms with E-state index < -0.39 is 17.5 Å². The number of nitrogens with one attached hydrogen (secondary N) is 1. The summed E-state index contributed by atoms with van der Waals surface area (Å²) in [5, 5.41) is 2.48. The van der Waals surface area contributed by atoms with Crippen molar-refractivity contribution in [3.05, 3.63) is 65.2 Å². The molecule has 0 spiro atoms. The van der Waals surface area contributed by atoms with Crippen molar-refractivity contribution in [1.29, 1.82) is 0 Å². The molecule has 0 saturated carbocycles. The van der Waals surface area contributed by atoms with Crippen LogP contribution in [0.2, 0.25) is 0 Å². The lowest BCUT2D eigenvalue weighted by Gasteiger charge is -2.21. The zero-order valence-electron chi connectivity index (χ0n) is 16.4. The predicted molar refractivity (Wildman–Crippen MR) is 109 cm³/mol. The number of anilines is 1. The summed E-state index contributed by atoms with van der Waals surface area (Å²) in [6.45, 7) is 1.13. The molecule has 0 atom stereocenters. The standard InChI is InChI=1S/C23H26F2N2O2/c24-19-16-20(25)21(15-18(19)23(29)27-13-6-1-2-7-14-27)26-22(28)12-8-11-17-9-4-3-5-10-17/h3-5,9-10,15-16H,1-2,6-8,11-14H2,(H,26,28). The Morgan fingerprint density at radius 2 is 1.62 bits per heavy atom. The molecule has 1 aliphatic rings. The highest BCUT2D eigenvalue weighted by molar-refractivity contribution is 5.97. The summed E-state index contributed by atoms with van der Waals surface area (Å²) < 4.78 is 28.4. The van der Waals surface area contributed by atoms with Gasteiger partial charge in [0.1, 0.15) is 11.6 Å². The molecule has 4 nitrogen and oxygen atoms in total. The Morgan fingerprint density at radius 1 is 0.931 bits per heavy atom. The fourth-order valence-corrected chi connectivity index (χ4v) is 3.56. The van der Waals surface area contributed by atoms with Gasteiger partial charge in [0.05, 0.1) is 11.3 Å². The third kappa shape index (κ3) is 5.86. The first-order chi connectivity index (χ1) is 14.0. The van der Waals surface area contributed by atoms with Gasteiger partial charge in [-0.25, -0.2) is 8.78 Å². The van der Waals surface area contributed by atoms with Crippen LogP contribution in [0.15, 0.2) is 42.5 Å². The van der Waals surface area contributed by atoms with Crippen LogP contribution in [0.5, 0.6) is 0 Å². The first-order valence-electron chi connectivity index (χ1n) is 10.2. The molecule has 0 bridgehead atoms. The molecule has 0 aliphatic carbocycles. The molecule has 2 aromatic rings. The van der Waals surface area contributed by atoms with Crippen molar-refractivity contribution in [3.63, 3.8) is 0 Å². The van der Waals surface area contributed by atoms with E-state index in [1.807, 2.05) is 30.3 Å². The molecule has 29 heavy (non-hydrogen) atoms. The number of nitrogens with zero attached hydrogens (tertiary/aromatic N) is 1. The summed E-state index contributed by atoms with van der Waals surface area (Å²) in [6, 6.07) is 11.6. The van der Waals surface area contributed by atoms with Gasteiger partial charge >= 0.3 is 0 Å². The van der Waals surface area contributed by atoms with E-state index in [4.69, 9.17) is 0 Å². The van der Waals surface area contributed by atoms with Gasteiger partial charge < -0.3 is 10.2 Å². The average Bonchev–Trinajstić information content (AvgIpc) is 3.00. The lowest BCUT2D eigenvalue weighted by Crippen LogP contribution is -2.32. The van der Waals surface area contributed by atoms with Crippen LogP contribution in [0.1, 0.15) is 54.4 Å². The first kappa shape index (κ1) is 21.0. The van der Waals surface area contributed by atoms with E-state index in [1.165, 1.54) is 0 Å². The van der Waals surface area contributed by atoms with Gasteiger partial charge in [-0.05, 0) is 37.3 Å². The number of rotatable bonds is 6. The van der Waals surface area contributed by atoms with E-state index in [9.17, 15) is 18.4 Å². The zero-order valence-corrected chi connectivity index (χ0v) is 16.4. The summed E-state index contributed by atoms with van der Waals surface area (Å²) >= 11 is 0. The van der Waals surface area contributed by atoms with E-state index in [0.29, 0.717) is 25.6 Å². The van der Waals surface area contributed by atoms with Crippen molar-refractivity contribution < 1.29 is 18.4 Å². The van der Waals surface area contributed by atoms with Crippen LogP contribution in [0.25, 0.3) is 0 Å². The third-order valence-electron chi connectivity index (χ3n) is 5.17. The lowest BCUT2D eigenvalue weighted by molar-refractivity contribution is -0.116. The summed E-state index contributed by atoms with van der Waals surface area (Å²) in [6.07, 6.45) is 5.39. The van der Waals surface area contributed by atoms with Gasteiger partial charge in [0.15, 0.2) is 0 Å². The summed E-state index contributed by atoms with van der Waals surface area (Å²) in [7, 11) is 0. The van der Waals surface area contributed by atoms with Gasteiger partial charge in [-0.2, -0.15) is 0 Å². The number of carbonyl (C=O) groups is 2. The summed E-state index contributed by atoms with van der Waals surface area (Å²) in [4.78, 5) is 26.5. The van der Waals surface area contributed by atoms with Crippen LogP contribution < -0.4 is 5.32 Å². The number of aryl methyl sites for hydroxylation is 1. The number of benzene rings is 2. The molecule has 0 aromatic heterocycles. The molecular formula is C23H26F2N2O2. The molecule has 0 unspecified atom stereocenters. The number of hydrogen-bond donors (Lipinski definition) is 1. The maximum atomic E-state index is 14.3. The van der Waals surface area contributed by atoms with Crippen LogP contribution >= 0.6 is 0 Å². The number of amides is 2. The van der Waals surface area contributed by atoms with Crippen LogP contribution in [0.4, 0.5) is 14.5 Å². The minimum Gasteiger partial charge on any atom is -0.339 e. The summed E-state index contributed by atoms with van der Waals surface area (Å²) in [5.74, 6) is -2.60. The van der Waals surface area contributed by atoms with E-state index in [1.54, 1.807) is 4.90 Å². The zero-order chi connectivity index (χ0) is 20.6. The van der Waals surface area contributed by atoms with Gasteiger partial charge in [0.2, 0.25) is 5.91 Å². The molecule has 1 N–H and O–H groups in total. The molecule has 1 aliphatic heterocycles. The van der Waals surface area contributed by atoms with Crippen molar-refractivity contribution in [2.24, 2.45) is 0 Å². The van der Waals surface area contributed by atoms with Crippen molar-refractivity contribution in [3.8, 4) is 0 Å². The molecule has 6 heteroatoms. The molecule has 1 saturated heterocycles. The minimum atomic E-state index is -0.904. The summed E-state index contributed by atoms with van der Waals surface area (Å²) in [5.41, 5.74) is 0.765. The van der Waals surface area contributed by atoms with Gasteiger partial charge in [-0.15, -0.1) is 0 Å². The number of halogens is 2. The third-order valence-corrected chi connectivity index (χ3v) is 5.17. The van der Waals surface area contributed by atoms with Crippen LogP contribution in [-0.4, -0.2) is 29.8 Å². The van der Waals surface area contributed by atoms with Crippen LogP contribution in [-0.2, 0) is 11.2 Å². The number of likely N-dealkylation sites (tertiary alicyclic amines) is 1. The maximum absolute atomic E-state index is 14.3. The maximum Gasteiger partial charge on any atom is 0.256 e. The topological polar surface area (TPSA) is 49.4 Å². The van der Waals surface area contributed by atoms with Crippen molar-refractivity contribution >= 4 is 17.5 Å². The monoisotopic (exact) mass is 400 g/mol. The Bertz CT molecular complexity index is 847. The smallest absolute Gasteiger partial charge is 0.256 e. The highest BCUT2D eigenvalue weighted by atomic mass is 19.1. The second-order valence-electron chi connectivity index (χ2n) is 7.41. The molecule has 2 amide bonds. The van der Waals surface area contributed by atoms with Crippen molar-refractivity contribution in [1.82, 2.24) is 4.90 Å². The number of carbonyl (C=O) groups excluding carboxylic acids is 2. The highest BCUT2D eigenvalue weighted by Crippen LogP contribution is 2.23. The van der Waals surface area contributed by atoms with Gasteiger partial charge in [-0.3, -0.25) is 9.59 Å². The largest absolute Gasteiger partial charge is 0.339 e. The second-order valence-corrected chi connectivity index (χ2v) is 7.41. The van der Waals surface area contributed by atoms with Gasteiger partial charge in [0, 0.05) is 25.6 Å². The Kier molecular flexibility index (Phi) is 7.33. The van der Waals surface area contributed by atoms with Gasteiger partial charge in [-0.1, -0.05) is 43.2 Å². The van der Waals surface area contributed by atoms with E-state index in [-0.39, 0.29) is 23.6 Å². The Labute approximate surface area is 169 Å². The van der Waals surface area contributed by atoms with E-state index in [2.05, 4.69) is 5.32 Å². The quantitative estimate of drug-likeness (QED) is 0.746. The fourth-order valence-electron chi connectivity index (χ4n) is 3.56. The SMILES string of the molecule is O=C(CCCc1ccccc1)Nc1cc(C(=O)N2CCCCCC2)c(F)cc1F. The van der Waals surface area contributed by atoms with Gasteiger partial charge in [0.25, 0.3) is 5.91 Å². The van der Waals surface area contributed by atoms with E-state index in [0.717, 1.165) is 43.7 Å². The predicted octanol–water partition coefficient (Wildman–Crippen LogP) is 4.94. The van der Waals surface area contributed by atoms with Crippen LogP contribution in [0.3, 0.4) is 0 Å². The highest BCUT2D eigenvalue weighted by Gasteiger charge is 2.23. The average molecular weight is 400 g/mol. The second kappa shape index (κ2) is 10.1. The normalized spacial score (nSPS) is 14.3. The molecule has 3 rings (SSSR count). The Morgan fingerprint density at radius 3 is 2.31 bits per heavy atom.